The highest BCUT2D eigenvalue weighted by Gasteiger charge is 2.12. The zero-order chi connectivity index (χ0) is 14.4. The van der Waals surface area contributed by atoms with Crippen molar-refractivity contribution in [2.45, 2.75) is 19.9 Å². The van der Waals surface area contributed by atoms with Crippen LogP contribution >= 0.6 is 0 Å². The molecule has 104 valence electrons. The van der Waals surface area contributed by atoms with Crippen molar-refractivity contribution >= 4 is 5.97 Å². The van der Waals surface area contributed by atoms with Gasteiger partial charge in [-0.2, -0.15) is 5.10 Å². The maximum Gasteiger partial charge on any atom is 0.311 e. The summed E-state index contributed by atoms with van der Waals surface area (Å²) in [6, 6.07) is 11.8. The Morgan fingerprint density at radius 2 is 2.15 bits per heavy atom. The number of benzene rings is 1. The van der Waals surface area contributed by atoms with Gasteiger partial charge in [0.2, 0.25) is 0 Å². The van der Waals surface area contributed by atoms with Crippen LogP contribution in [0, 0.1) is 0 Å². The fourth-order valence-electron chi connectivity index (χ4n) is 1.99. The van der Waals surface area contributed by atoms with Crippen LogP contribution in [0.25, 0.3) is 11.3 Å². The number of hydrogen-bond donors (Lipinski definition) is 0. The second kappa shape index (κ2) is 6.70. The highest BCUT2D eigenvalue weighted by Crippen LogP contribution is 2.19. The quantitative estimate of drug-likeness (QED) is 0.599. The summed E-state index contributed by atoms with van der Waals surface area (Å²) in [7, 11) is 0. The van der Waals surface area contributed by atoms with Gasteiger partial charge in [0.25, 0.3) is 0 Å². The van der Waals surface area contributed by atoms with Gasteiger partial charge in [0.1, 0.15) is 0 Å². The van der Waals surface area contributed by atoms with E-state index in [0.29, 0.717) is 13.2 Å². The number of allylic oxidation sites excluding steroid dienone is 1. The lowest BCUT2D eigenvalue weighted by Gasteiger charge is -2.04. The Morgan fingerprint density at radius 3 is 2.80 bits per heavy atom. The minimum absolute atomic E-state index is 0.224. The largest absolute Gasteiger partial charge is 0.466 e. The number of rotatable bonds is 6. The SMILES string of the molecule is C=CCn1nc(-c2ccccc2)cc1CC(=O)OCC. The first kappa shape index (κ1) is 14.1. The van der Waals surface area contributed by atoms with E-state index in [-0.39, 0.29) is 12.4 Å². The van der Waals surface area contributed by atoms with E-state index in [1.807, 2.05) is 36.4 Å². The number of aromatic nitrogens is 2. The van der Waals surface area contributed by atoms with E-state index < -0.39 is 0 Å². The second-order valence-corrected chi connectivity index (χ2v) is 4.34. The maximum absolute atomic E-state index is 11.6. The molecule has 1 aromatic carbocycles. The minimum Gasteiger partial charge on any atom is -0.466 e. The predicted molar refractivity (Wildman–Crippen MR) is 78.2 cm³/mol. The Bertz CT molecular complexity index is 588. The zero-order valence-corrected chi connectivity index (χ0v) is 11.6. The highest BCUT2D eigenvalue weighted by atomic mass is 16.5. The smallest absolute Gasteiger partial charge is 0.311 e. The number of nitrogens with zero attached hydrogens (tertiary/aromatic N) is 2. The molecule has 0 atom stereocenters. The fraction of sp³-hybridized carbons (Fsp3) is 0.250. The molecular formula is C16H18N2O2. The van der Waals surface area contributed by atoms with E-state index in [2.05, 4.69) is 11.7 Å². The molecular weight excluding hydrogens is 252 g/mol. The van der Waals surface area contributed by atoms with Gasteiger partial charge >= 0.3 is 5.97 Å². The lowest BCUT2D eigenvalue weighted by Crippen LogP contribution is -2.12. The van der Waals surface area contributed by atoms with Crippen LogP contribution in [0.1, 0.15) is 12.6 Å². The molecule has 0 amide bonds. The summed E-state index contributed by atoms with van der Waals surface area (Å²) in [6.45, 7) is 6.48. The molecule has 0 N–H and O–H groups in total. The molecule has 0 fully saturated rings. The first-order valence-electron chi connectivity index (χ1n) is 6.63. The third kappa shape index (κ3) is 3.35. The minimum atomic E-state index is -0.239. The van der Waals surface area contributed by atoms with Crippen molar-refractivity contribution in [1.82, 2.24) is 9.78 Å². The molecule has 2 aromatic rings. The van der Waals surface area contributed by atoms with Crippen LogP contribution in [0.15, 0.2) is 49.1 Å². The van der Waals surface area contributed by atoms with Gasteiger partial charge in [-0.15, -0.1) is 6.58 Å². The van der Waals surface area contributed by atoms with E-state index in [4.69, 9.17) is 4.74 Å². The number of carbonyl (C=O) groups excluding carboxylic acids is 1. The Balaban J connectivity index is 2.28. The van der Waals surface area contributed by atoms with Gasteiger partial charge in [-0.25, -0.2) is 0 Å². The first-order chi connectivity index (χ1) is 9.74. The third-order valence-electron chi connectivity index (χ3n) is 2.87. The Kier molecular flexibility index (Phi) is 4.71. The van der Waals surface area contributed by atoms with E-state index in [1.54, 1.807) is 17.7 Å². The molecule has 0 radical (unpaired) electrons. The number of ether oxygens (including phenoxy) is 1. The summed E-state index contributed by atoms with van der Waals surface area (Å²) < 4.78 is 6.77. The van der Waals surface area contributed by atoms with Crippen molar-refractivity contribution in [1.29, 1.82) is 0 Å². The van der Waals surface area contributed by atoms with Gasteiger partial charge in [-0.05, 0) is 13.0 Å². The standard InChI is InChI=1S/C16H18N2O2/c1-3-10-18-14(12-16(19)20-4-2)11-15(17-18)13-8-6-5-7-9-13/h3,5-9,11H,1,4,10,12H2,2H3. The van der Waals surface area contributed by atoms with Crippen molar-refractivity contribution in [3.8, 4) is 11.3 Å². The molecule has 1 heterocycles. The zero-order valence-electron chi connectivity index (χ0n) is 11.6. The number of carbonyl (C=O) groups is 1. The summed E-state index contributed by atoms with van der Waals surface area (Å²) in [4.78, 5) is 11.6. The number of esters is 1. The van der Waals surface area contributed by atoms with Gasteiger partial charge < -0.3 is 4.74 Å². The van der Waals surface area contributed by atoms with E-state index >= 15 is 0 Å². The van der Waals surface area contributed by atoms with Gasteiger partial charge in [0.15, 0.2) is 0 Å². The molecule has 0 unspecified atom stereocenters. The van der Waals surface area contributed by atoms with E-state index in [0.717, 1.165) is 17.0 Å². The summed E-state index contributed by atoms with van der Waals surface area (Å²) >= 11 is 0. The van der Waals surface area contributed by atoms with Gasteiger partial charge in [0, 0.05) is 5.56 Å². The first-order valence-corrected chi connectivity index (χ1v) is 6.63. The van der Waals surface area contributed by atoms with Crippen molar-refractivity contribution in [3.05, 3.63) is 54.7 Å². The monoisotopic (exact) mass is 270 g/mol. The van der Waals surface area contributed by atoms with Gasteiger partial charge in [0.05, 0.1) is 31.0 Å². The topological polar surface area (TPSA) is 44.1 Å². The fourth-order valence-corrected chi connectivity index (χ4v) is 1.99. The summed E-state index contributed by atoms with van der Waals surface area (Å²) in [5, 5.41) is 4.52. The summed E-state index contributed by atoms with van der Waals surface area (Å²) in [5.74, 6) is -0.239. The molecule has 0 bridgehead atoms. The normalized spacial score (nSPS) is 10.2. The molecule has 1 aromatic heterocycles. The van der Waals surface area contributed by atoms with Crippen LogP contribution in [-0.2, 0) is 22.5 Å². The molecule has 2 rings (SSSR count). The molecule has 0 spiro atoms. The van der Waals surface area contributed by atoms with Crippen LogP contribution in [0.5, 0.6) is 0 Å². The van der Waals surface area contributed by atoms with Crippen molar-refractivity contribution in [3.63, 3.8) is 0 Å². The van der Waals surface area contributed by atoms with E-state index in [1.165, 1.54) is 0 Å². The Labute approximate surface area is 118 Å². The van der Waals surface area contributed by atoms with E-state index in [9.17, 15) is 4.79 Å². The average Bonchev–Trinajstić information content (AvgIpc) is 2.84. The molecule has 4 nitrogen and oxygen atoms in total. The van der Waals surface area contributed by atoms with Gasteiger partial charge in [-0.3, -0.25) is 9.48 Å². The summed E-state index contributed by atoms with van der Waals surface area (Å²) in [5.41, 5.74) is 2.72. The number of hydrogen-bond acceptors (Lipinski definition) is 3. The van der Waals surface area contributed by atoms with Crippen LogP contribution in [0.4, 0.5) is 0 Å². The molecule has 0 saturated carbocycles. The molecule has 0 aliphatic carbocycles. The molecule has 0 aliphatic heterocycles. The van der Waals surface area contributed by atoms with Crippen molar-refractivity contribution < 1.29 is 9.53 Å². The molecule has 20 heavy (non-hydrogen) atoms. The van der Waals surface area contributed by atoms with Crippen LogP contribution in [0.2, 0.25) is 0 Å². The highest BCUT2D eigenvalue weighted by molar-refractivity contribution is 5.73. The average molecular weight is 270 g/mol. The molecule has 4 heteroatoms. The van der Waals surface area contributed by atoms with Crippen LogP contribution in [0.3, 0.4) is 0 Å². The third-order valence-corrected chi connectivity index (χ3v) is 2.87. The van der Waals surface area contributed by atoms with Crippen LogP contribution in [-0.4, -0.2) is 22.4 Å². The second-order valence-electron chi connectivity index (χ2n) is 4.34. The molecule has 0 saturated heterocycles. The lowest BCUT2D eigenvalue weighted by atomic mass is 10.1. The predicted octanol–water partition coefficient (Wildman–Crippen LogP) is 2.84. The Hall–Kier alpha value is -2.36. The van der Waals surface area contributed by atoms with Crippen molar-refractivity contribution in [2.75, 3.05) is 6.61 Å². The van der Waals surface area contributed by atoms with Gasteiger partial charge in [-0.1, -0.05) is 36.4 Å². The lowest BCUT2D eigenvalue weighted by molar-refractivity contribution is -0.142. The Morgan fingerprint density at radius 1 is 1.40 bits per heavy atom. The van der Waals surface area contributed by atoms with Crippen LogP contribution < -0.4 is 0 Å². The van der Waals surface area contributed by atoms with Crippen molar-refractivity contribution in [2.24, 2.45) is 0 Å². The maximum atomic E-state index is 11.6. The summed E-state index contributed by atoms with van der Waals surface area (Å²) in [6.07, 6.45) is 1.98. The molecule has 0 aliphatic rings.